The first-order valence-corrected chi connectivity index (χ1v) is 11.8. The zero-order valence-electron chi connectivity index (χ0n) is 20.3. The van der Waals surface area contributed by atoms with Gasteiger partial charge in [-0.1, -0.05) is 32.3 Å². The lowest BCUT2D eigenvalue weighted by molar-refractivity contribution is 0.0531. The molecule has 3 rings (SSSR count). The predicted octanol–water partition coefficient (Wildman–Crippen LogP) is 5.00. The maximum absolute atomic E-state index is 9.67. The molecular formula is C26H35N3O4. The number of hydrogen-bond donors (Lipinski definition) is 2. The lowest BCUT2D eigenvalue weighted by atomic mass is 9.97. The fourth-order valence-corrected chi connectivity index (χ4v) is 4.06. The third kappa shape index (κ3) is 5.97. The molecule has 2 aromatic heterocycles. The van der Waals surface area contributed by atoms with E-state index in [1.807, 2.05) is 32.0 Å². The van der Waals surface area contributed by atoms with E-state index in [1.165, 1.54) is 0 Å². The third-order valence-corrected chi connectivity index (χ3v) is 5.81. The van der Waals surface area contributed by atoms with Crippen LogP contribution in [0.1, 0.15) is 68.5 Å². The fourth-order valence-electron chi connectivity index (χ4n) is 4.06. The Labute approximate surface area is 195 Å². The molecule has 0 bridgehead atoms. The van der Waals surface area contributed by atoms with Crippen LogP contribution in [0.5, 0.6) is 5.75 Å². The number of aliphatic hydroxyl groups is 2. The summed E-state index contributed by atoms with van der Waals surface area (Å²) < 4.78 is 11.5. The predicted molar refractivity (Wildman–Crippen MR) is 128 cm³/mol. The molecule has 0 fully saturated rings. The molecule has 1 atom stereocenters. The van der Waals surface area contributed by atoms with Crippen molar-refractivity contribution >= 4 is 0 Å². The van der Waals surface area contributed by atoms with E-state index in [4.69, 9.17) is 19.4 Å². The Kier molecular flexibility index (Phi) is 8.58. The van der Waals surface area contributed by atoms with Gasteiger partial charge in [-0.2, -0.15) is 4.98 Å². The second kappa shape index (κ2) is 11.4. The molecule has 0 amide bonds. The maximum Gasteiger partial charge on any atom is 0.258 e. The van der Waals surface area contributed by atoms with Crippen LogP contribution in [0, 0.1) is 13.8 Å². The third-order valence-electron chi connectivity index (χ3n) is 5.81. The summed E-state index contributed by atoms with van der Waals surface area (Å²) >= 11 is 0. The molecular weight excluding hydrogens is 418 g/mol. The minimum absolute atomic E-state index is 0.0417. The second-order valence-corrected chi connectivity index (χ2v) is 8.54. The van der Waals surface area contributed by atoms with E-state index in [0.29, 0.717) is 17.6 Å². The van der Waals surface area contributed by atoms with Crippen LogP contribution >= 0.6 is 0 Å². The van der Waals surface area contributed by atoms with E-state index >= 15 is 0 Å². The summed E-state index contributed by atoms with van der Waals surface area (Å²) in [7, 11) is 0. The minimum Gasteiger partial charge on any atom is -0.490 e. The molecule has 7 nitrogen and oxygen atoms in total. The monoisotopic (exact) mass is 453 g/mol. The molecule has 0 aliphatic heterocycles. The number of aromatic nitrogens is 3. The summed E-state index contributed by atoms with van der Waals surface area (Å²) in [5.41, 5.74) is 5.66. The highest BCUT2D eigenvalue weighted by molar-refractivity contribution is 5.64. The van der Waals surface area contributed by atoms with Crippen molar-refractivity contribution in [2.45, 2.75) is 72.3 Å². The van der Waals surface area contributed by atoms with Crippen molar-refractivity contribution in [3.05, 3.63) is 46.8 Å². The van der Waals surface area contributed by atoms with Crippen LogP contribution in [0.3, 0.4) is 0 Å². The Morgan fingerprint density at radius 2 is 1.76 bits per heavy atom. The summed E-state index contributed by atoms with van der Waals surface area (Å²) in [6.45, 7) is 10.1. The Morgan fingerprint density at radius 1 is 1.00 bits per heavy atom. The number of aryl methyl sites for hydroxylation is 3. The van der Waals surface area contributed by atoms with Crippen LogP contribution < -0.4 is 4.74 Å². The van der Waals surface area contributed by atoms with E-state index in [0.717, 1.165) is 65.1 Å². The van der Waals surface area contributed by atoms with Crippen LogP contribution in [0.15, 0.2) is 28.8 Å². The van der Waals surface area contributed by atoms with Gasteiger partial charge in [0.2, 0.25) is 5.82 Å². The van der Waals surface area contributed by atoms with Gasteiger partial charge in [0.1, 0.15) is 18.5 Å². The van der Waals surface area contributed by atoms with Crippen molar-refractivity contribution in [1.29, 1.82) is 0 Å². The number of benzene rings is 1. The van der Waals surface area contributed by atoms with Gasteiger partial charge in [0.05, 0.1) is 6.61 Å². The summed E-state index contributed by atoms with van der Waals surface area (Å²) in [5.74, 6) is 2.13. The van der Waals surface area contributed by atoms with Gasteiger partial charge in [-0.3, -0.25) is 4.98 Å². The molecule has 0 aliphatic carbocycles. The number of pyridine rings is 1. The molecule has 2 N–H and O–H groups in total. The van der Waals surface area contributed by atoms with E-state index < -0.39 is 6.10 Å². The Morgan fingerprint density at radius 3 is 2.42 bits per heavy atom. The van der Waals surface area contributed by atoms with Crippen molar-refractivity contribution in [2.24, 2.45) is 0 Å². The Hall–Kier alpha value is -2.77. The van der Waals surface area contributed by atoms with Crippen LogP contribution in [0.25, 0.3) is 22.8 Å². The molecule has 7 heteroatoms. The summed E-state index contributed by atoms with van der Waals surface area (Å²) in [6.07, 6.45) is 2.91. The molecule has 0 unspecified atom stereocenters. The Bertz CT molecular complexity index is 1060. The summed E-state index contributed by atoms with van der Waals surface area (Å²) in [5, 5.41) is 23.0. The van der Waals surface area contributed by atoms with E-state index in [1.54, 1.807) is 0 Å². The molecule has 0 radical (unpaired) electrons. The first-order chi connectivity index (χ1) is 15.9. The van der Waals surface area contributed by atoms with Crippen molar-refractivity contribution in [3.8, 4) is 28.6 Å². The first kappa shape index (κ1) is 24.9. The molecule has 2 heterocycles. The molecule has 0 aliphatic rings. The van der Waals surface area contributed by atoms with Crippen molar-refractivity contribution in [1.82, 2.24) is 15.1 Å². The van der Waals surface area contributed by atoms with Crippen LogP contribution in [0.4, 0.5) is 0 Å². The number of nitrogens with zero attached hydrogens (tertiary/aromatic N) is 3. The molecule has 178 valence electrons. The first-order valence-electron chi connectivity index (χ1n) is 11.8. The van der Waals surface area contributed by atoms with Crippen LogP contribution in [0.2, 0.25) is 0 Å². The Balaban J connectivity index is 1.94. The lowest BCUT2D eigenvalue weighted by Crippen LogP contribution is -2.22. The number of hydrogen-bond acceptors (Lipinski definition) is 7. The average Bonchev–Trinajstić information content (AvgIpc) is 3.29. The summed E-state index contributed by atoms with van der Waals surface area (Å²) in [4.78, 5) is 9.40. The van der Waals surface area contributed by atoms with Gasteiger partial charge in [-0.15, -0.1) is 0 Å². The van der Waals surface area contributed by atoms with Crippen molar-refractivity contribution in [3.63, 3.8) is 0 Å². The molecule has 33 heavy (non-hydrogen) atoms. The molecule has 1 aromatic carbocycles. The fraction of sp³-hybridized carbons (Fsp3) is 0.500. The number of aliphatic hydroxyl groups excluding tert-OH is 2. The quantitative estimate of drug-likeness (QED) is 0.421. The molecule has 0 saturated heterocycles. The smallest absolute Gasteiger partial charge is 0.258 e. The van der Waals surface area contributed by atoms with Crippen molar-refractivity contribution in [2.75, 3.05) is 13.2 Å². The molecule has 3 aromatic rings. The van der Waals surface area contributed by atoms with Gasteiger partial charge in [-0.05, 0) is 68.5 Å². The van der Waals surface area contributed by atoms with Crippen LogP contribution in [-0.2, 0) is 6.42 Å². The summed E-state index contributed by atoms with van der Waals surface area (Å²) in [6, 6.07) is 8.00. The highest BCUT2D eigenvalue weighted by Gasteiger charge is 2.18. The van der Waals surface area contributed by atoms with E-state index in [9.17, 15) is 5.11 Å². The molecule has 0 saturated carbocycles. The molecule has 0 spiro atoms. The zero-order chi connectivity index (χ0) is 24.0. The highest BCUT2D eigenvalue weighted by atomic mass is 16.5. The van der Waals surface area contributed by atoms with Crippen LogP contribution in [-0.4, -0.2) is 44.7 Å². The largest absolute Gasteiger partial charge is 0.490 e. The SMILES string of the molecule is CCCc1cc(-c2noc(-c3cc(C)nc(C(CC)CC)c3)n2)cc(C)c1OC[C@H](O)CO. The van der Waals surface area contributed by atoms with E-state index in [-0.39, 0.29) is 13.2 Å². The normalized spacial score (nSPS) is 12.4. The van der Waals surface area contributed by atoms with Gasteiger partial charge in [0, 0.05) is 28.4 Å². The topological polar surface area (TPSA) is 102 Å². The standard InChI is InChI=1S/C26H35N3O4/c1-6-9-19-12-20(10-16(4)24(19)32-15-22(31)14-30)25-28-26(33-29-25)21-11-17(5)27-23(13-21)18(7-2)8-3/h10-13,18,22,30-31H,6-9,14-15H2,1-5H3/t22-/m1/s1. The highest BCUT2D eigenvalue weighted by Crippen LogP contribution is 2.32. The average molecular weight is 454 g/mol. The van der Waals surface area contributed by atoms with Gasteiger partial charge < -0.3 is 19.5 Å². The van der Waals surface area contributed by atoms with Gasteiger partial charge in [-0.25, -0.2) is 0 Å². The van der Waals surface area contributed by atoms with Gasteiger partial charge in [0.15, 0.2) is 0 Å². The zero-order valence-corrected chi connectivity index (χ0v) is 20.3. The lowest BCUT2D eigenvalue weighted by Gasteiger charge is -2.17. The van der Waals surface area contributed by atoms with Gasteiger partial charge >= 0.3 is 0 Å². The van der Waals surface area contributed by atoms with Crippen molar-refractivity contribution < 1.29 is 19.5 Å². The maximum atomic E-state index is 9.67. The number of rotatable bonds is 11. The van der Waals surface area contributed by atoms with Gasteiger partial charge in [0.25, 0.3) is 5.89 Å². The number of ether oxygens (including phenoxy) is 1. The second-order valence-electron chi connectivity index (χ2n) is 8.54. The minimum atomic E-state index is -0.910. The van der Waals surface area contributed by atoms with E-state index in [2.05, 4.69) is 37.0 Å².